The Bertz CT molecular complexity index is 570. The number of para-hydroxylation sites is 1. The summed E-state index contributed by atoms with van der Waals surface area (Å²) >= 11 is 6.67. The van der Waals surface area contributed by atoms with Crippen molar-refractivity contribution in [3.8, 4) is 0 Å². The number of hydrogen-bond donors (Lipinski definition) is 2. The molecule has 112 valence electrons. The van der Waals surface area contributed by atoms with Crippen LogP contribution in [0.25, 0.3) is 0 Å². The molecule has 0 amide bonds. The summed E-state index contributed by atoms with van der Waals surface area (Å²) in [6.07, 6.45) is 1.64. The molecule has 0 atom stereocenters. The van der Waals surface area contributed by atoms with Crippen molar-refractivity contribution in [2.24, 2.45) is 0 Å². The fourth-order valence-corrected chi connectivity index (χ4v) is 2.54. The predicted molar refractivity (Wildman–Crippen MR) is 85.5 cm³/mol. The number of anilines is 1. The summed E-state index contributed by atoms with van der Waals surface area (Å²) in [4.78, 5) is 0. The quantitative estimate of drug-likeness (QED) is 0.623. The number of hydrogen-bond acceptors (Lipinski definition) is 3. The van der Waals surface area contributed by atoms with Crippen molar-refractivity contribution < 1.29 is 13.2 Å². The molecular formula is C14H14F2N2OS2. The molecule has 0 aliphatic rings. The lowest BCUT2D eigenvalue weighted by atomic mass is 10.3. The molecule has 0 radical (unpaired) electrons. The van der Waals surface area contributed by atoms with Gasteiger partial charge in [0.1, 0.15) is 23.1 Å². The molecule has 1 aromatic carbocycles. The third kappa shape index (κ3) is 5.02. The van der Waals surface area contributed by atoms with E-state index in [1.54, 1.807) is 18.0 Å². The third-order valence-electron chi connectivity index (χ3n) is 2.56. The molecule has 0 saturated heterocycles. The topological polar surface area (TPSA) is 37.2 Å². The van der Waals surface area contributed by atoms with Crippen LogP contribution in [0, 0.1) is 11.6 Å². The van der Waals surface area contributed by atoms with Crippen molar-refractivity contribution in [2.45, 2.75) is 5.75 Å². The number of halogens is 2. The van der Waals surface area contributed by atoms with Crippen LogP contribution in [0.3, 0.4) is 0 Å². The van der Waals surface area contributed by atoms with Gasteiger partial charge in [0.2, 0.25) is 0 Å². The van der Waals surface area contributed by atoms with Crippen molar-refractivity contribution in [3.63, 3.8) is 0 Å². The van der Waals surface area contributed by atoms with Gasteiger partial charge in [-0.05, 0) is 36.5 Å². The SMILES string of the molecule is Fc1cccc(F)c1NC(=S)NCCSCc1ccco1. The molecule has 1 heterocycles. The Morgan fingerprint density at radius 3 is 2.62 bits per heavy atom. The maximum atomic E-state index is 13.4. The van der Waals surface area contributed by atoms with Crippen LogP contribution in [0.5, 0.6) is 0 Å². The van der Waals surface area contributed by atoms with Crippen molar-refractivity contribution >= 4 is 34.8 Å². The van der Waals surface area contributed by atoms with E-state index in [9.17, 15) is 8.78 Å². The Morgan fingerprint density at radius 1 is 1.19 bits per heavy atom. The second kappa shape index (κ2) is 7.99. The van der Waals surface area contributed by atoms with E-state index >= 15 is 0 Å². The van der Waals surface area contributed by atoms with E-state index in [1.165, 1.54) is 18.2 Å². The molecule has 2 aromatic rings. The molecule has 1 aromatic heterocycles. The zero-order valence-corrected chi connectivity index (χ0v) is 12.7. The van der Waals surface area contributed by atoms with Crippen molar-refractivity contribution in [3.05, 3.63) is 54.0 Å². The Kier molecular flexibility index (Phi) is 6.01. The first-order valence-electron chi connectivity index (χ1n) is 6.26. The van der Waals surface area contributed by atoms with Gasteiger partial charge in [-0.2, -0.15) is 11.8 Å². The smallest absolute Gasteiger partial charge is 0.170 e. The fourth-order valence-electron chi connectivity index (χ4n) is 1.58. The van der Waals surface area contributed by atoms with Crippen LogP contribution in [-0.4, -0.2) is 17.4 Å². The van der Waals surface area contributed by atoms with Crippen LogP contribution in [-0.2, 0) is 5.75 Å². The van der Waals surface area contributed by atoms with Crippen LogP contribution >= 0.6 is 24.0 Å². The Labute approximate surface area is 131 Å². The lowest BCUT2D eigenvalue weighted by Crippen LogP contribution is -2.31. The summed E-state index contributed by atoms with van der Waals surface area (Å²) in [5.41, 5.74) is -0.238. The minimum Gasteiger partial charge on any atom is -0.468 e. The zero-order chi connectivity index (χ0) is 15.1. The van der Waals surface area contributed by atoms with Gasteiger partial charge >= 0.3 is 0 Å². The Balaban J connectivity index is 1.68. The van der Waals surface area contributed by atoms with E-state index < -0.39 is 11.6 Å². The van der Waals surface area contributed by atoms with Crippen molar-refractivity contribution in [1.29, 1.82) is 0 Å². The number of thioether (sulfide) groups is 1. The fraction of sp³-hybridized carbons (Fsp3) is 0.214. The number of rotatable bonds is 6. The summed E-state index contributed by atoms with van der Waals surface area (Å²) in [5.74, 6) is 1.13. The molecule has 3 nitrogen and oxygen atoms in total. The number of furan rings is 1. The van der Waals surface area contributed by atoms with Crippen LogP contribution in [0.2, 0.25) is 0 Å². The maximum absolute atomic E-state index is 13.4. The predicted octanol–water partition coefficient (Wildman–Crippen LogP) is 3.78. The van der Waals surface area contributed by atoms with Crippen LogP contribution in [0.4, 0.5) is 14.5 Å². The highest BCUT2D eigenvalue weighted by Crippen LogP contribution is 2.17. The molecule has 0 fully saturated rings. The summed E-state index contributed by atoms with van der Waals surface area (Å²) in [6, 6.07) is 7.40. The van der Waals surface area contributed by atoms with Gasteiger partial charge in [-0.1, -0.05) is 6.07 Å². The van der Waals surface area contributed by atoms with Crippen LogP contribution < -0.4 is 10.6 Å². The van der Waals surface area contributed by atoms with Gasteiger partial charge in [0, 0.05) is 12.3 Å². The second-order valence-corrected chi connectivity index (χ2v) is 5.62. The summed E-state index contributed by atoms with van der Waals surface area (Å²) in [7, 11) is 0. The monoisotopic (exact) mass is 328 g/mol. The van der Waals surface area contributed by atoms with Crippen LogP contribution in [0.1, 0.15) is 5.76 Å². The van der Waals surface area contributed by atoms with Gasteiger partial charge in [0.05, 0.1) is 12.0 Å². The largest absolute Gasteiger partial charge is 0.468 e. The Morgan fingerprint density at radius 2 is 1.95 bits per heavy atom. The summed E-state index contributed by atoms with van der Waals surface area (Å²) < 4.78 is 32.0. The van der Waals surface area contributed by atoms with Crippen molar-refractivity contribution in [2.75, 3.05) is 17.6 Å². The molecule has 21 heavy (non-hydrogen) atoms. The van der Waals surface area contributed by atoms with E-state index in [0.717, 1.165) is 17.3 Å². The summed E-state index contributed by atoms with van der Waals surface area (Å²) in [5, 5.41) is 5.62. The lowest BCUT2D eigenvalue weighted by Gasteiger charge is -2.11. The van der Waals surface area contributed by atoms with Crippen LogP contribution in [0.15, 0.2) is 41.0 Å². The highest BCUT2D eigenvalue weighted by molar-refractivity contribution is 7.98. The molecule has 2 N–H and O–H groups in total. The molecule has 0 aliphatic heterocycles. The molecule has 2 rings (SSSR count). The molecule has 0 aliphatic carbocycles. The van der Waals surface area contributed by atoms with E-state index in [1.807, 2.05) is 12.1 Å². The van der Waals surface area contributed by atoms with Gasteiger partial charge in [-0.3, -0.25) is 0 Å². The molecule has 0 unspecified atom stereocenters. The average Bonchev–Trinajstić information content (AvgIpc) is 2.96. The zero-order valence-electron chi connectivity index (χ0n) is 11.1. The van der Waals surface area contributed by atoms with Gasteiger partial charge in [0.25, 0.3) is 0 Å². The third-order valence-corrected chi connectivity index (χ3v) is 3.79. The molecule has 0 saturated carbocycles. The van der Waals surface area contributed by atoms with Gasteiger partial charge < -0.3 is 15.1 Å². The van der Waals surface area contributed by atoms with E-state index in [2.05, 4.69) is 10.6 Å². The second-order valence-electron chi connectivity index (χ2n) is 4.11. The highest BCUT2D eigenvalue weighted by Gasteiger charge is 2.09. The van der Waals surface area contributed by atoms with Crippen molar-refractivity contribution in [1.82, 2.24) is 5.32 Å². The summed E-state index contributed by atoms with van der Waals surface area (Å²) in [6.45, 7) is 0.591. The average molecular weight is 328 g/mol. The first-order chi connectivity index (χ1) is 10.2. The minimum atomic E-state index is -0.675. The first-order valence-corrected chi connectivity index (χ1v) is 7.82. The molecule has 0 spiro atoms. The number of benzene rings is 1. The standard InChI is InChI=1S/C14H14F2N2OS2/c15-11-4-1-5-12(16)13(11)18-14(20)17-6-8-21-9-10-3-2-7-19-10/h1-5,7H,6,8-9H2,(H2,17,18,20). The van der Waals surface area contributed by atoms with E-state index in [-0.39, 0.29) is 10.8 Å². The van der Waals surface area contributed by atoms with Gasteiger partial charge in [-0.25, -0.2) is 8.78 Å². The first kappa shape index (κ1) is 15.8. The van der Waals surface area contributed by atoms with Gasteiger partial charge in [-0.15, -0.1) is 0 Å². The maximum Gasteiger partial charge on any atom is 0.170 e. The lowest BCUT2D eigenvalue weighted by molar-refractivity contribution is 0.530. The molecule has 7 heteroatoms. The number of thiocarbonyl (C=S) groups is 1. The normalized spacial score (nSPS) is 10.4. The van der Waals surface area contributed by atoms with Gasteiger partial charge in [0.15, 0.2) is 5.11 Å². The minimum absolute atomic E-state index is 0.192. The highest BCUT2D eigenvalue weighted by atomic mass is 32.2. The van der Waals surface area contributed by atoms with E-state index in [0.29, 0.717) is 6.54 Å². The number of nitrogens with one attached hydrogen (secondary N) is 2. The molecule has 0 bridgehead atoms. The Hall–Kier alpha value is -1.60. The molecular weight excluding hydrogens is 314 g/mol. The van der Waals surface area contributed by atoms with E-state index in [4.69, 9.17) is 16.6 Å².